The van der Waals surface area contributed by atoms with Crippen LogP contribution in [0.15, 0.2) is 50.8 Å². The fraction of sp³-hybridized carbons (Fsp3) is 0.389. The summed E-state index contributed by atoms with van der Waals surface area (Å²) in [5.41, 5.74) is 0.644. The number of aliphatic imine (C=N–C) groups is 1. The lowest BCUT2D eigenvalue weighted by molar-refractivity contribution is 0.276. The van der Waals surface area contributed by atoms with Gasteiger partial charge in [-0.05, 0) is 38.3 Å². The van der Waals surface area contributed by atoms with E-state index < -0.39 is 0 Å². The van der Waals surface area contributed by atoms with Crippen LogP contribution in [-0.2, 0) is 6.54 Å². The maximum Gasteiger partial charge on any atom is 0.256 e. The average molecular weight is 339 g/mol. The third kappa shape index (κ3) is 3.22. The molecule has 25 heavy (non-hydrogen) atoms. The van der Waals surface area contributed by atoms with Crippen LogP contribution in [0.3, 0.4) is 0 Å². The van der Waals surface area contributed by atoms with Gasteiger partial charge in [-0.2, -0.15) is 0 Å². The van der Waals surface area contributed by atoms with Crippen LogP contribution in [0.4, 0.5) is 5.95 Å². The molecule has 0 radical (unpaired) electrons. The Bertz CT molecular complexity index is 866. The summed E-state index contributed by atoms with van der Waals surface area (Å²) in [6.45, 7) is 2.25. The Morgan fingerprint density at radius 3 is 3.12 bits per heavy atom. The van der Waals surface area contributed by atoms with Crippen LogP contribution in [-0.4, -0.2) is 15.5 Å². The van der Waals surface area contributed by atoms with Crippen molar-refractivity contribution in [3.63, 3.8) is 0 Å². The van der Waals surface area contributed by atoms with Gasteiger partial charge in [0.15, 0.2) is 5.96 Å². The zero-order valence-corrected chi connectivity index (χ0v) is 14.1. The highest BCUT2D eigenvalue weighted by Gasteiger charge is 2.31. The van der Waals surface area contributed by atoms with Crippen molar-refractivity contribution >= 4 is 11.9 Å². The van der Waals surface area contributed by atoms with Crippen molar-refractivity contribution in [1.29, 1.82) is 0 Å². The monoisotopic (exact) mass is 339 g/mol. The van der Waals surface area contributed by atoms with Crippen molar-refractivity contribution in [2.45, 2.75) is 38.9 Å². The highest BCUT2D eigenvalue weighted by molar-refractivity contribution is 5.93. The second kappa shape index (κ2) is 6.58. The number of fused-ring (bicyclic) bond motifs is 1. The standard InChI is InChI=1S/C18H21N5O2/c1-12-10-15(24)23-16(13-6-3-2-4-7-13)21-17(22-18(23)20-12)19-11-14-8-5-9-25-14/h2-3,5,8-10,13,16H,4,6-7,11H2,1H3,(H2,19,20,21,22)/t13-,16+/m1/s1. The zero-order chi connectivity index (χ0) is 17.2. The highest BCUT2D eigenvalue weighted by atomic mass is 16.3. The van der Waals surface area contributed by atoms with Crippen LogP contribution in [0.2, 0.25) is 0 Å². The van der Waals surface area contributed by atoms with Crippen LogP contribution in [0.25, 0.3) is 0 Å². The Balaban J connectivity index is 1.68. The maximum atomic E-state index is 12.6. The van der Waals surface area contributed by atoms with Gasteiger partial charge in [0.2, 0.25) is 5.95 Å². The molecule has 7 nitrogen and oxygen atoms in total. The van der Waals surface area contributed by atoms with E-state index in [-0.39, 0.29) is 11.7 Å². The van der Waals surface area contributed by atoms with Gasteiger partial charge in [-0.1, -0.05) is 12.2 Å². The predicted octanol–water partition coefficient (Wildman–Crippen LogP) is 2.57. The smallest absolute Gasteiger partial charge is 0.256 e. The molecule has 7 heteroatoms. The summed E-state index contributed by atoms with van der Waals surface area (Å²) in [7, 11) is 0. The van der Waals surface area contributed by atoms with Crippen LogP contribution < -0.4 is 16.2 Å². The molecule has 0 spiro atoms. The molecule has 2 atom stereocenters. The summed E-state index contributed by atoms with van der Waals surface area (Å²) in [6, 6.07) is 5.30. The van der Waals surface area contributed by atoms with E-state index in [0.717, 1.165) is 25.0 Å². The summed E-state index contributed by atoms with van der Waals surface area (Å²) < 4.78 is 7.04. The van der Waals surface area contributed by atoms with E-state index >= 15 is 0 Å². The first-order valence-electron chi connectivity index (χ1n) is 8.56. The molecule has 2 aliphatic rings. The normalized spacial score (nSPS) is 23.8. The second-order valence-electron chi connectivity index (χ2n) is 6.43. The number of nitrogens with one attached hydrogen (secondary N) is 2. The lowest BCUT2D eigenvalue weighted by Gasteiger charge is -2.36. The summed E-state index contributed by atoms with van der Waals surface area (Å²) in [6.07, 6.45) is 8.84. The van der Waals surface area contributed by atoms with Crippen LogP contribution in [0.5, 0.6) is 0 Å². The first kappa shape index (κ1) is 15.7. The molecule has 4 rings (SSSR count). The van der Waals surface area contributed by atoms with Gasteiger partial charge in [-0.25, -0.2) is 9.98 Å². The Morgan fingerprint density at radius 2 is 2.36 bits per heavy atom. The highest BCUT2D eigenvalue weighted by Crippen LogP contribution is 2.30. The second-order valence-corrected chi connectivity index (χ2v) is 6.43. The molecule has 0 aromatic carbocycles. The Labute approximate surface area is 145 Å². The molecule has 2 aromatic heterocycles. The lowest BCUT2D eigenvalue weighted by Crippen LogP contribution is -2.50. The molecule has 2 aromatic rings. The molecule has 0 bridgehead atoms. The van der Waals surface area contributed by atoms with Crippen molar-refractivity contribution in [1.82, 2.24) is 14.9 Å². The number of aromatic nitrogens is 2. The minimum absolute atomic E-state index is 0.0489. The molecular weight excluding hydrogens is 318 g/mol. The first-order chi connectivity index (χ1) is 12.2. The van der Waals surface area contributed by atoms with Gasteiger partial charge < -0.3 is 9.73 Å². The third-order valence-corrected chi connectivity index (χ3v) is 4.60. The van der Waals surface area contributed by atoms with E-state index in [2.05, 4.69) is 32.8 Å². The van der Waals surface area contributed by atoms with Crippen LogP contribution in [0.1, 0.15) is 36.9 Å². The largest absolute Gasteiger partial charge is 0.467 e. The molecule has 1 aliphatic heterocycles. The van der Waals surface area contributed by atoms with Crippen molar-refractivity contribution in [3.8, 4) is 0 Å². The quantitative estimate of drug-likeness (QED) is 0.840. The van der Waals surface area contributed by atoms with Gasteiger partial charge in [0.25, 0.3) is 5.56 Å². The van der Waals surface area contributed by atoms with Crippen molar-refractivity contribution < 1.29 is 4.42 Å². The minimum atomic E-state index is -0.155. The number of hydrogen-bond acceptors (Lipinski definition) is 4. The predicted molar refractivity (Wildman–Crippen MR) is 95.4 cm³/mol. The topological polar surface area (TPSA) is 84.5 Å². The number of guanidine groups is 1. The molecule has 1 aliphatic carbocycles. The Morgan fingerprint density at radius 1 is 1.44 bits per heavy atom. The fourth-order valence-electron chi connectivity index (χ4n) is 3.39. The number of nitrogens with zero attached hydrogens (tertiary/aromatic N) is 3. The summed E-state index contributed by atoms with van der Waals surface area (Å²) in [5, 5.41) is 6.53. The fourth-order valence-corrected chi connectivity index (χ4v) is 3.39. The number of aryl methyl sites for hydroxylation is 1. The van der Waals surface area contributed by atoms with E-state index in [0.29, 0.717) is 30.1 Å². The average Bonchev–Trinajstić information content (AvgIpc) is 3.13. The van der Waals surface area contributed by atoms with Gasteiger partial charge in [0.1, 0.15) is 18.5 Å². The summed E-state index contributed by atoms with van der Waals surface area (Å²) in [4.78, 5) is 21.6. The zero-order valence-electron chi connectivity index (χ0n) is 14.1. The van der Waals surface area contributed by atoms with E-state index in [4.69, 9.17) is 4.42 Å². The molecular formula is C18H21N5O2. The van der Waals surface area contributed by atoms with Gasteiger partial charge in [-0.15, -0.1) is 0 Å². The van der Waals surface area contributed by atoms with E-state index in [1.54, 1.807) is 16.9 Å². The molecule has 0 saturated carbocycles. The van der Waals surface area contributed by atoms with E-state index in [9.17, 15) is 4.79 Å². The molecule has 0 saturated heterocycles. The van der Waals surface area contributed by atoms with E-state index in [1.165, 1.54) is 0 Å². The molecule has 0 fully saturated rings. The molecule has 2 N–H and O–H groups in total. The SMILES string of the molecule is Cc1cc(=O)n2c(n1)NC(=NCc1ccco1)N[C@@H]2[C@@H]1CC=CCC1. The number of rotatable bonds is 3. The van der Waals surface area contributed by atoms with Crippen LogP contribution in [0, 0.1) is 12.8 Å². The minimum Gasteiger partial charge on any atom is -0.467 e. The van der Waals surface area contributed by atoms with E-state index in [1.807, 2.05) is 19.1 Å². The number of allylic oxidation sites excluding steroid dienone is 2. The molecule has 130 valence electrons. The summed E-state index contributed by atoms with van der Waals surface area (Å²) in [5.74, 6) is 2.27. The van der Waals surface area contributed by atoms with Gasteiger partial charge in [-0.3, -0.25) is 14.7 Å². The molecule has 0 amide bonds. The van der Waals surface area contributed by atoms with Crippen molar-refractivity contribution in [2.24, 2.45) is 10.9 Å². The van der Waals surface area contributed by atoms with Crippen molar-refractivity contribution in [2.75, 3.05) is 5.32 Å². The summed E-state index contributed by atoms with van der Waals surface area (Å²) >= 11 is 0. The third-order valence-electron chi connectivity index (χ3n) is 4.60. The molecule has 0 unspecified atom stereocenters. The van der Waals surface area contributed by atoms with Gasteiger partial charge in [0.05, 0.1) is 6.26 Å². The number of furan rings is 1. The molecule has 3 heterocycles. The number of hydrogen-bond donors (Lipinski definition) is 2. The maximum absolute atomic E-state index is 12.6. The Kier molecular flexibility index (Phi) is 4.13. The Hall–Kier alpha value is -2.83. The first-order valence-corrected chi connectivity index (χ1v) is 8.56. The lowest BCUT2D eigenvalue weighted by atomic mass is 9.91. The number of anilines is 1. The van der Waals surface area contributed by atoms with Crippen molar-refractivity contribution in [3.05, 3.63) is 58.4 Å². The van der Waals surface area contributed by atoms with Gasteiger partial charge >= 0.3 is 0 Å². The van der Waals surface area contributed by atoms with Crippen LogP contribution >= 0.6 is 0 Å². The van der Waals surface area contributed by atoms with Gasteiger partial charge in [0, 0.05) is 17.7 Å².